The van der Waals surface area contributed by atoms with Crippen molar-refractivity contribution in [2.75, 3.05) is 20.3 Å². The Labute approximate surface area is 210 Å². The summed E-state index contributed by atoms with van der Waals surface area (Å²) in [7, 11) is -2.64. The monoisotopic (exact) mass is 510 g/mol. The van der Waals surface area contributed by atoms with Crippen LogP contribution in [0.25, 0.3) is 0 Å². The molecule has 0 saturated carbocycles. The summed E-state index contributed by atoms with van der Waals surface area (Å²) in [5.74, 6) is 0.677. The number of nitrogens with zero attached hydrogens (tertiary/aromatic N) is 1. The van der Waals surface area contributed by atoms with E-state index in [2.05, 4.69) is 17.1 Å². The predicted octanol–water partition coefficient (Wildman–Crippen LogP) is 4.19. The van der Waals surface area contributed by atoms with E-state index in [-0.39, 0.29) is 16.4 Å². The fourth-order valence-electron chi connectivity index (χ4n) is 3.00. The summed E-state index contributed by atoms with van der Waals surface area (Å²) in [4.78, 5) is 12.6. The molecule has 3 rings (SSSR count). The Morgan fingerprint density at radius 2 is 1.72 bits per heavy atom. The molecule has 0 spiro atoms. The zero-order valence-corrected chi connectivity index (χ0v) is 20.7. The highest BCUT2D eigenvalue weighted by molar-refractivity contribution is 7.87. The summed E-state index contributed by atoms with van der Waals surface area (Å²) in [6.45, 7) is 6.15. The first-order valence-corrected chi connectivity index (χ1v) is 12.3. The van der Waals surface area contributed by atoms with Crippen LogP contribution in [0.5, 0.6) is 23.0 Å². The van der Waals surface area contributed by atoms with Crippen LogP contribution in [0.1, 0.15) is 22.8 Å². The quantitative estimate of drug-likeness (QED) is 0.168. The third-order valence-corrected chi connectivity index (χ3v) is 5.91. The average Bonchev–Trinajstić information content (AvgIpc) is 2.89. The van der Waals surface area contributed by atoms with Gasteiger partial charge in [0.05, 0.1) is 19.9 Å². The Morgan fingerprint density at radius 1 is 0.972 bits per heavy atom. The van der Waals surface area contributed by atoms with Crippen LogP contribution in [-0.2, 0) is 10.1 Å². The maximum Gasteiger partial charge on any atom is 0.339 e. The van der Waals surface area contributed by atoms with E-state index in [0.717, 1.165) is 0 Å². The molecule has 0 fully saturated rings. The Hall–Kier alpha value is -4.31. The van der Waals surface area contributed by atoms with Crippen molar-refractivity contribution in [1.82, 2.24) is 5.43 Å². The van der Waals surface area contributed by atoms with E-state index in [1.54, 1.807) is 48.5 Å². The van der Waals surface area contributed by atoms with E-state index in [1.165, 1.54) is 37.6 Å². The number of hydrogen-bond donors (Lipinski definition) is 1. The van der Waals surface area contributed by atoms with Crippen LogP contribution < -0.4 is 23.8 Å². The smallest absolute Gasteiger partial charge is 0.339 e. The first kappa shape index (κ1) is 26.3. The van der Waals surface area contributed by atoms with Crippen LogP contribution >= 0.6 is 0 Å². The van der Waals surface area contributed by atoms with Gasteiger partial charge in [0.25, 0.3) is 5.91 Å². The van der Waals surface area contributed by atoms with Gasteiger partial charge in [0.2, 0.25) is 0 Å². The zero-order chi connectivity index (χ0) is 26.0. The first-order valence-electron chi connectivity index (χ1n) is 10.9. The van der Waals surface area contributed by atoms with E-state index < -0.39 is 16.0 Å². The third kappa shape index (κ3) is 6.86. The van der Waals surface area contributed by atoms with E-state index in [4.69, 9.17) is 18.4 Å². The van der Waals surface area contributed by atoms with Crippen molar-refractivity contribution in [2.45, 2.75) is 11.8 Å². The van der Waals surface area contributed by atoms with Crippen LogP contribution in [0.2, 0.25) is 0 Å². The molecule has 188 valence electrons. The summed E-state index contributed by atoms with van der Waals surface area (Å²) < 4.78 is 46.6. The average molecular weight is 511 g/mol. The van der Waals surface area contributed by atoms with Gasteiger partial charge < -0.3 is 18.4 Å². The molecule has 1 N–H and O–H groups in total. The molecule has 0 heterocycles. The molecular weight excluding hydrogens is 484 g/mol. The molecule has 0 atom stereocenters. The second-order valence-electron chi connectivity index (χ2n) is 7.15. The third-order valence-electron chi connectivity index (χ3n) is 4.66. The SMILES string of the molecule is C=CCOc1ccc(C(=O)N/N=C/c2ccc(OS(=O)(=O)c3ccccc3)c(OC)c2)cc1OCC. The predicted molar refractivity (Wildman–Crippen MR) is 136 cm³/mol. The lowest BCUT2D eigenvalue weighted by Gasteiger charge is -2.12. The lowest BCUT2D eigenvalue weighted by atomic mass is 10.2. The summed E-state index contributed by atoms with van der Waals surface area (Å²) in [5.41, 5.74) is 3.31. The van der Waals surface area contributed by atoms with E-state index in [9.17, 15) is 13.2 Å². The van der Waals surface area contributed by atoms with Crippen LogP contribution in [0.4, 0.5) is 0 Å². The molecule has 0 radical (unpaired) electrons. The van der Waals surface area contributed by atoms with Crippen molar-refractivity contribution >= 4 is 22.2 Å². The molecule has 0 aliphatic rings. The zero-order valence-electron chi connectivity index (χ0n) is 19.8. The van der Waals surface area contributed by atoms with Crippen LogP contribution in [0.15, 0.2) is 89.4 Å². The first-order chi connectivity index (χ1) is 17.4. The van der Waals surface area contributed by atoms with Crippen LogP contribution in [0.3, 0.4) is 0 Å². The molecule has 36 heavy (non-hydrogen) atoms. The van der Waals surface area contributed by atoms with Gasteiger partial charge in [-0.3, -0.25) is 4.79 Å². The Morgan fingerprint density at radius 3 is 2.42 bits per heavy atom. The van der Waals surface area contributed by atoms with Crippen molar-refractivity contribution < 1.29 is 31.6 Å². The van der Waals surface area contributed by atoms with Crippen molar-refractivity contribution in [3.05, 3.63) is 90.5 Å². The Kier molecular flexibility index (Phi) is 9.07. The molecule has 0 aliphatic carbocycles. The van der Waals surface area contributed by atoms with Gasteiger partial charge in [0.1, 0.15) is 11.5 Å². The van der Waals surface area contributed by atoms with Crippen LogP contribution in [0, 0.1) is 0 Å². The molecule has 0 saturated heterocycles. The normalized spacial score (nSPS) is 11.1. The largest absolute Gasteiger partial charge is 0.493 e. The van der Waals surface area contributed by atoms with E-state index >= 15 is 0 Å². The fourth-order valence-corrected chi connectivity index (χ4v) is 3.96. The molecule has 1 amide bonds. The summed E-state index contributed by atoms with van der Waals surface area (Å²) >= 11 is 0. The highest BCUT2D eigenvalue weighted by Gasteiger charge is 2.19. The van der Waals surface area contributed by atoms with Gasteiger partial charge in [-0.15, -0.1) is 0 Å². The fraction of sp³-hybridized carbons (Fsp3) is 0.154. The number of nitrogens with one attached hydrogen (secondary N) is 1. The summed E-state index contributed by atoms with van der Waals surface area (Å²) in [6, 6.07) is 17.1. The maximum absolute atomic E-state index is 12.5. The number of carbonyl (C=O) groups excluding carboxylic acids is 1. The minimum atomic E-state index is -4.03. The number of carbonyl (C=O) groups is 1. The standard InChI is InChI=1S/C26H26N2O7S/c1-4-15-34-22-14-12-20(17-25(22)33-5-2)26(29)28-27-18-19-11-13-23(24(16-19)32-3)35-36(30,31)21-9-7-6-8-10-21/h4,6-14,16-18H,1,5,15H2,2-3H3,(H,28,29)/b27-18+. The van der Waals surface area contributed by atoms with Gasteiger partial charge in [-0.05, 0) is 61.0 Å². The Balaban J connectivity index is 1.70. The van der Waals surface area contributed by atoms with Gasteiger partial charge >= 0.3 is 10.1 Å². The van der Waals surface area contributed by atoms with Gasteiger partial charge in [-0.2, -0.15) is 13.5 Å². The lowest BCUT2D eigenvalue weighted by molar-refractivity contribution is 0.0954. The number of ether oxygens (including phenoxy) is 3. The number of hydrogen-bond acceptors (Lipinski definition) is 8. The van der Waals surface area contributed by atoms with Crippen LogP contribution in [-0.4, -0.2) is 40.9 Å². The van der Waals surface area contributed by atoms with Gasteiger partial charge in [0.15, 0.2) is 23.0 Å². The summed E-state index contributed by atoms with van der Waals surface area (Å²) in [6.07, 6.45) is 3.00. The molecule has 3 aromatic rings. The van der Waals surface area contributed by atoms with Crippen molar-refractivity contribution in [2.24, 2.45) is 5.10 Å². The number of amides is 1. The molecule has 3 aromatic carbocycles. The molecule has 0 bridgehead atoms. The molecule has 10 heteroatoms. The van der Waals surface area contributed by atoms with Gasteiger partial charge in [0, 0.05) is 5.56 Å². The van der Waals surface area contributed by atoms with Gasteiger partial charge in [-0.25, -0.2) is 5.43 Å². The topological polar surface area (TPSA) is 113 Å². The second-order valence-corrected chi connectivity index (χ2v) is 8.70. The number of rotatable bonds is 12. The highest BCUT2D eigenvalue weighted by atomic mass is 32.2. The molecule has 0 unspecified atom stereocenters. The lowest BCUT2D eigenvalue weighted by Crippen LogP contribution is -2.17. The second kappa shape index (κ2) is 12.4. The summed E-state index contributed by atoms with van der Waals surface area (Å²) in [5, 5.41) is 3.97. The number of benzene rings is 3. The minimum Gasteiger partial charge on any atom is -0.493 e. The molecular formula is C26H26N2O7S. The highest BCUT2D eigenvalue weighted by Crippen LogP contribution is 2.31. The molecule has 0 aromatic heterocycles. The van der Waals surface area contributed by atoms with E-state index in [1.807, 2.05) is 6.92 Å². The van der Waals surface area contributed by atoms with Crippen molar-refractivity contribution in [3.8, 4) is 23.0 Å². The molecule has 0 aliphatic heterocycles. The van der Waals surface area contributed by atoms with E-state index in [0.29, 0.717) is 35.8 Å². The molecule has 9 nitrogen and oxygen atoms in total. The minimum absolute atomic E-state index is 0.0183. The maximum atomic E-state index is 12.5. The van der Waals surface area contributed by atoms with Gasteiger partial charge in [-0.1, -0.05) is 30.9 Å². The Bertz CT molecular complexity index is 1340. The van der Waals surface area contributed by atoms with Crippen molar-refractivity contribution in [3.63, 3.8) is 0 Å². The van der Waals surface area contributed by atoms with Crippen molar-refractivity contribution in [1.29, 1.82) is 0 Å². The number of methoxy groups -OCH3 is 1. The number of hydrazone groups is 1.